The van der Waals surface area contributed by atoms with Crippen molar-refractivity contribution < 1.29 is 17.9 Å². The first-order valence-electron chi connectivity index (χ1n) is 11.0. The maximum Gasteiger partial charge on any atom is 0.573 e. The molecule has 0 saturated heterocycles. The van der Waals surface area contributed by atoms with E-state index in [1.807, 2.05) is 53.1 Å². The number of hydrogen-bond donors (Lipinski definition) is 2. The van der Waals surface area contributed by atoms with Gasteiger partial charge < -0.3 is 10.1 Å². The molecule has 1 heterocycles. The lowest BCUT2D eigenvalue weighted by atomic mass is 10.1. The van der Waals surface area contributed by atoms with E-state index in [9.17, 15) is 13.2 Å². The highest BCUT2D eigenvalue weighted by Crippen LogP contribution is 2.31. The monoisotopic (exact) mass is 661 g/mol. The molecular weight excluding hydrogens is 647 g/mol. The number of halogens is 5. The molecule has 1 aromatic heterocycles. The van der Waals surface area contributed by atoms with E-state index >= 15 is 0 Å². The zero-order chi connectivity index (χ0) is 26.9. The molecule has 6 nitrogen and oxygen atoms in total. The van der Waals surface area contributed by atoms with Crippen molar-refractivity contribution in [3.8, 4) is 11.4 Å². The molecule has 0 spiro atoms. The zero-order valence-corrected chi connectivity index (χ0v) is 23.1. The minimum absolute atomic E-state index is 0.280. The number of hydrazone groups is 1. The smallest absolute Gasteiger partial charge is 0.406 e. The molecule has 0 aliphatic rings. The number of benzene rings is 4. The summed E-state index contributed by atoms with van der Waals surface area (Å²) in [5.74, 6) is -0.280. The Balaban J connectivity index is 1.32. The second kappa shape index (κ2) is 10.7. The van der Waals surface area contributed by atoms with Crippen LogP contribution >= 0.6 is 44.1 Å². The number of nitrogens with zero attached hydrogens (tertiary/aromatic N) is 3. The molecule has 0 fully saturated rings. The molecule has 192 valence electrons. The van der Waals surface area contributed by atoms with Crippen molar-refractivity contribution in [2.45, 2.75) is 6.36 Å². The molecule has 5 rings (SSSR count). The van der Waals surface area contributed by atoms with Crippen LogP contribution in [0.2, 0.25) is 0 Å². The summed E-state index contributed by atoms with van der Waals surface area (Å²) in [5.41, 5.74) is 6.71. The van der Waals surface area contributed by atoms with E-state index in [4.69, 9.17) is 12.2 Å². The van der Waals surface area contributed by atoms with Gasteiger partial charge in [0.25, 0.3) is 0 Å². The summed E-state index contributed by atoms with van der Waals surface area (Å²) in [5, 5.41) is 9.54. The molecule has 0 aliphatic heterocycles. The summed E-state index contributed by atoms with van der Waals surface area (Å²) in [4.78, 5) is 4.55. The number of alkyl halides is 3. The lowest BCUT2D eigenvalue weighted by Gasteiger charge is -2.10. The average molecular weight is 663 g/mol. The van der Waals surface area contributed by atoms with Crippen LogP contribution in [-0.4, -0.2) is 27.2 Å². The Morgan fingerprint density at radius 3 is 2.45 bits per heavy atom. The maximum atomic E-state index is 12.5. The van der Waals surface area contributed by atoms with Gasteiger partial charge in [-0.15, -0.1) is 13.2 Å². The maximum absolute atomic E-state index is 12.5. The Morgan fingerprint density at radius 1 is 1.00 bits per heavy atom. The molecule has 0 amide bonds. The number of hydrogen-bond acceptors (Lipinski definition) is 4. The summed E-state index contributed by atoms with van der Waals surface area (Å²) in [6.45, 7) is 0. The van der Waals surface area contributed by atoms with Crippen molar-refractivity contribution in [1.29, 1.82) is 0 Å². The second-order valence-electron chi connectivity index (χ2n) is 7.99. The lowest BCUT2D eigenvalue weighted by molar-refractivity contribution is -0.274. The molecular formula is C26H16Br2F3N5OS. The Morgan fingerprint density at radius 2 is 1.74 bits per heavy atom. The number of aromatic nitrogens is 2. The molecule has 0 unspecified atom stereocenters. The number of nitrogens with one attached hydrogen (secondary N) is 2. The van der Waals surface area contributed by atoms with Crippen LogP contribution in [0, 0.1) is 0 Å². The van der Waals surface area contributed by atoms with E-state index in [2.05, 4.69) is 57.4 Å². The predicted molar refractivity (Wildman–Crippen MR) is 154 cm³/mol. The van der Waals surface area contributed by atoms with Crippen molar-refractivity contribution >= 4 is 82.9 Å². The van der Waals surface area contributed by atoms with Crippen LogP contribution in [0.5, 0.6) is 5.75 Å². The third-order valence-electron chi connectivity index (χ3n) is 5.49. The fourth-order valence-corrected chi connectivity index (χ4v) is 5.20. The molecule has 4 aromatic carbocycles. The summed E-state index contributed by atoms with van der Waals surface area (Å²) >= 11 is 12.3. The van der Waals surface area contributed by atoms with Gasteiger partial charge in [0, 0.05) is 20.0 Å². The number of rotatable bonds is 5. The van der Waals surface area contributed by atoms with Gasteiger partial charge in [0.15, 0.2) is 5.11 Å². The Hall–Kier alpha value is -3.48. The molecule has 2 N–H and O–H groups in total. The van der Waals surface area contributed by atoms with Gasteiger partial charge in [0.2, 0.25) is 0 Å². The SMILES string of the molecule is FC(F)(F)Oc1ccc(-n2cnc3c4ccc(C=NNC(=S)Nc5c(Br)cccc5Br)cc4ccc32)cc1. The summed E-state index contributed by atoms with van der Waals surface area (Å²) in [6, 6.07) is 21.1. The number of para-hydroxylation sites is 1. The van der Waals surface area contributed by atoms with Crippen LogP contribution in [0.3, 0.4) is 0 Å². The summed E-state index contributed by atoms with van der Waals surface area (Å²) in [7, 11) is 0. The predicted octanol–water partition coefficient (Wildman–Crippen LogP) is 7.92. The third kappa shape index (κ3) is 5.82. The van der Waals surface area contributed by atoms with E-state index in [0.717, 1.165) is 42.0 Å². The number of fused-ring (bicyclic) bond motifs is 3. The molecule has 5 aromatic rings. The molecule has 0 radical (unpaired) electrons. The van der Waals surface area contributed by atoms with E-state index < -0.39 is 6.36 Å². The highest BCUT2D eigenvalue weighted by molar-refractivity contribution is 9.11. The van der Waals surface area contributed by atoms with Gasteiger partial charge in [0.1, 0.15) is 12.1 Å². The topological polar surface area (TPSA) is 63.5 Å². The van der Waals surface area contributed by atoms with Crippen LogP contribution in [0.1, 0.15) is 5.56 Å². The van der Waals surface area contributed by atoms with Crippen molar-refractivity contribution in [3.05, 3.63) is 93.6 Å². The second-order valence-corrected chi connectivity index (χ2v) is 10.1. The molecule has 0 saturated carbocycles. The highest BCUT2D eigenvalue weighted by atomic mass is 79.9. The first-order valence-corrected chi connectivity index (χ1v) is 13.0. The van der Waals surface area contributed by atoms with Crippen molar-refractivity contribution in [3.63, 3.8) is 0 Å². The van der Waals surface area contributed by atoms with Gasteiger partial charge in [-0.25, -0.2) is 4.98 Å². The molecule has 0 bridgehead atoms. The van der Waals surface area contributed by atoms with Gasteiger partial charge in [-0.05, 0) is 104 Å². The quantitative estimate of drug-likeness (QED) is 0.114. The van der Waals surface area contributed by atoms with Crippen LogP contribution in [0.4, 0.5) is 18.9 Å². The average Bonchev–Trinajstić information content (AvgIpc) is 3.30. The minimum Gasteiger partial charge on any atom is -0.406 e. The molecule has 0 atom stereocenters. The Labute approximate surface area is 236 Å². The van der Waals surface area contributed by atoms with Crippen molar-refractivity contribution in [2.24, 2.45) is 5.10 Å². The first kappa shape index (κ1) is 26.1. The first-order chi connectivity index (χ1) is 18.2. The number of imidazole rings is 1. The van der Waals surface area contributed by atoms with E-state index in [0.29, 0.717) is 10.8 Å². The molecule has 12 heteroatoms. The third-order valence-corrected chi connectivity index (χ3v) is 7.00. The van der Waals surface area contributed by atoms with Gasteiger partial charge in [-0.3, -0.25) is 9.99 Å². The van der Waals surface area contributed by atoms with Gasteiger partial charge in [-0.2, -0.15) is 5.10 Å². The number of thiocarbonyl (C=S) groups is 1. The fraction of sp³-hybridized carbons (Fsp3) is 0.0385. The van der Waals surface area contributed by atoms with Crippen LogP contribution in [-0.2, 0) is 0 Å². The standard InChI is InChI=1S/C26H16Br2F3N5OS/c27-20-2-1-3-21(28)24(20)34-25(38)35-33-13-15-4-10-19-16(12-15)5-11-22-23(19)32-14-36(22)17-6-8-18(9-7-17)37-26(29,30)31/h1-14H,(H2,34,35,38). The lowest BCUT2D eigenvalue weighted by Crippen LogP contribution is -2.24. The molecule has 38 heavy (non-hydrogen) atoms. The van der Waals surface area contributed by atoms with Gasteiger partial charge >= 0.3 is 6.36 Å². The normalized spacial score (nSPS) is 11.8. The summed E-state index contributed by atoms with van der Waals surface area (Å²) < 4.78 is 44.8. The van der Waals surface area contributed by atoms with Gasteiger partial charge in [-0.1, -0.05) is 24.3 Å². The Kier molecular flexibility index (Phi) is 7.37. The van der Waals surface area contributed by atoms with E-state index in [1.54, 1.807) is 24.7 Å². The molecule has 0 aliphatic carbocycles. The largest absolute Gasteiger partial charge is 0.573 e. The van der Waals surface area contributed by atoms with E-state index in [-0.39, 0.29) is 5.75 Å². The zero-order valence-electron chi connectivity index (χ0n) is 19.1. The number of ether oxygens (including phenoxy) is 1. The van der Waals surface area contributed by atoms with Crippen LogP contribution in [0.15, 0.2) is 93.2 Å². The minimum atomic E-state index is -4.73. The highest BCUT2D eigenvalue weighted by Gasteiger charge is 2.31. The van der Waals surface area contributed by atoms with Crippen LogP contribution in [0.25, 0.3) is 27.5 Å². The Bertz CT molecular complexity index is 1670. The van der Waals surface area contributed by atoms with Gasteiger partial charge in [0.05, 0.1) is 22.9 Å². The van der Waals surface area contributed by atoms with Crippen molar-refractivity contribution in [2.75, 3.05) is 5.32 Å². The van der Waals surface area contributed by atoms with Crippen molar-refractivity contribution in [1.82, 2.24) is 15.0 Å². The number of anilines is 1. The van der Waals surface area contributed by atoms with Crippen LogP contribution < -0.4 is 15.5 Å². The van der Waals surface area contributed by atoms with E-state index in [1.165, 1.54) is 12.1 Å². The fourth-order valence-electron chi connectivity index (χ4n) is 3.85. The summed E-state index contributed by atoms with van der Waals surface area (Å²) in [6.07, 6.45) is -1.43.